The van der Waals surface area contributed by atoms with E-state index in [1.807, 2.05) is 6.92 Å². The number of imide groups is 1. The molecule has 0 radical (unpaired) electrons. The number of ketones is 1. The van der Waals surface area contributed by atoms with E-state index in [2.05, 4.69) is 5.32 Å². The molecule has 1 N–H and O–H groups in total. The van der Waals surface area contributed by atoms with E-state index in [0.29, 0.717) is 23.7 Å². The lowest BCUT2D eigenvalue weighted by Gasteiger charge is -2.26. The molecule has 3 amide bonds. The normalized spacial score (nSPS) is 13.6. The van der Waals surface area contributed by atoms with Crippen LogP contribution < -0.4 is 14.8 Å². The second-order valence-corrected chi connectivity index (χ2v) is 7.42. The number of methoxy groups -OCH3 is 1. The van der Waals surface area contributed by atoms with E-state index in [1.54, 1.807) is 24.3 Å². The van der Waals surface area contributed by atoms with Crippen molar-refractivity contribution in [2.75, 3.05) is 24.9 Å². The SMILES string of the molecule is CCOc1cc(C(CC(C)=O)N2C(=O)c3cccc(NC(=O)CCl)c3C2=O)ccc1OC. The Labute approximate surface area is 190 Å². The van der Waals surface area contributed by atoms with Crippen LogP contribution in [0, 0.1) is 0 Å². The zero-order valence-electron chi connectivity index (χ0n) is 17.9. The lowest BCUT2D eigenvalue weighted by atomic mass is 9.99. The van der Waals surface area contributed by atoms with Gasteiger partial charge in [-0.05, 0) is 43.7 Å². The Morgan fingerprint density at radius 3 is 2.50 bits per heavy atom. The van der Waals surface area contributed by atoms with Gasteiger partial charge in [-0.2, -0.15) is 0 Å². The molecule has 1 aliphatic rings. The Kier molecular flexibility index (Phi) is 7.15. The fourth-order valence-electron chi connectivity index (χ4n) is 3.67. The van der Waals surface area contributed by atoms with Crippen molar-refractivity contribution < 1.29 is 28.7 Å². The van der Waals surface area contributed by atoms with Gasteiger partial charge in [0.1, 0.15) is 11.7 Å². The number of rotatable bonds is 9. The number of nitrogens with one attached hydrogen (secondary N) is 1. The molecular weight excluding hydrogens is 436 g/mol. The van der Waals surface area contributed by atoms with Crippen molar-refractivity contribution in [1.29, 1.82) is 0 Å². The standard InChI is InChI=1S/C23H23ClN2O6/c1-4-32-19-11-14(8-9-18(19)31-3)17(10-13(2)27)26-22(29)15-6-5-7-16(21(15)23(26)30)25-20(28)12-24/h5-9,11,17H,4,10,12H2,1-3H3,(H,25,28). The fourth-order valence-corrected chi connectivity index (χ4v) is 3.74. The molecule has 0 fully saturated rings. The molecule has 2 aromatic carbocycles. The van der Waals surface area contributed by atoms with Gasteiger partial charge in [-0.15, -0.1) is 11.6 Å². The van der Waals surface area contributed by atoms with Crippen molar-refractivity contribution in [3.05, 3.63) is 53.1 Å². The average Bonchev–Trinajstić information content (AvgIpc) is 3.03. The molecule has 32 heavy (non-hydrogen) atoms. The lowest BCUT2D eigenvalue weighted by Crippen LogP contribution is -2.35. The summed E-state index contributed by atoms with van der Waals surface area (Å²) in [5.74, 6) is -1.22. The highest BCUT2D eigenvalue weighted by Crippen LogP contribution is 2.39. The highest BCUT2D eigenvalue weighted by Gasteiger charge is 2.42. The van der Waals surface area contributed by atoms with Crippen LogP contribution in [0.2, 0.25) is 0 Å². The van der Waals surface area contributed by atoms with Crippen LogP contribution in [0.5, 0.6) is 11.5 Å². The highest BCUT2D eigenvalue weighted by atomic mass is 35.5. The number of hydrogen-bond acceptors (Lipinski definition) is 6. The number of alkyl halides is 1. The van der Waals surface area contributed by atoms with Gasteiger partial charge in [0.15, 0.2) is 11.5 Å². The van der Waals surface area contributed by atoms with Gasteiger partial charge in [0.25, 0.3) is 11.8 Å². The van der Waals surface area contributed by atoms with Gasteiger partial charge in [0.05, 0.1) is 36.6 Å². The third kappa shape index (κ3) is 4.45. The molecule has 3 rings (SSSR count). The van der Waals surface area contributed by atoms with Crippen LogP contribution in [-0.2, 0) is 9.59 Å². The Hall–Kier alpha value is -3.39. The summed E-state index contributed by atoms with van der Waals surface area (Å²) >= 11 is 5.57. The van der Waals surface area contributed by atoms with Crippen LogP contribution in [0.4, 0.5) is 5.69 Å². The number of hydrogen-bond donors (Lipinski definition) is 1. The summed E-state index contributed by atoms with van der Waals surface area (Å²) in [6, 6.07) is 8.76. The van der Waals surface area contributed by atoms with Crippen molar-refractivity contribution in [2.24, 2.45) is 0 Å². The molecule has 0 bridgehead atoms. The Balaban J connectivity index is 2.07. The minimum atomic E-state index is -0.860. The lowest BCUT2D eigenvalue weighted by molar-refractivity contribution is -0.118. The van der Waals surface area contributed by atoms with E-state index < -0.39 is 23.8 Å². The zero-order valence-corrected chi connectivity index (χ0v) is 18.7. The first-order chi connectivity index (χ1) is 15.3. The van der Waals surface area contributed by atoms with E-state index >= 15 is 0 Å². The molecule has 2 aromatic rings. The third-order valence-corrected chi connectivity index (χ3v) is 5.25. The maximum Gasteiger partial charge on any atom is 0.264 e. The molecule has 0 saturated carbocycles. The smallest absolute Gasteiger partial charge is 0.264 e. The molecule has 9 heteroatoms. The third-order valence-electron chi connectivity index (χ3n) is 5.01. The maximum atomic E-state index is 13.4. The van der Waals surface area contributed by atoms with Gasteiger partial charge in [0.2, 0.25) is 5.91 Å². The molecule has 168 valence electrons. The number of amides is 3. The molecule has 0 aliphatic carbocycles. The molecule has 8 nitrogen and oxygen atoms in total. The van der Waals surface area contributed by atoms with Gasteiger partial charge in [-0.25, -0.2) is 0 Å². The number of benzene rings is 2. The number of ether oxygens (including phenoxy) is 2. The van der Waals surface area contributed by atoms with Crippen molar-refractivity contribution >= 4 is 40.8 Å². The summed E-state index contributed by atoms with van der Waals surface area (Å²) in [7, 11) is 1.51. The van der Waals surface area contributed by atoms with Crippen LogP contribution in [0.3, 0.4) is 0 Å². The summed E-state index contributed by atoms with van der Waals surface area (Å²) in [6.45, 7) is 3.60. The predicted molar refractivity (Wildman–Crippen MR) is 118 cm³/mol. The van der Waals surface area contributed by atoms with Crippen molar-refractivity contribution in [3.63, 3.8) is 0 Å². The van der Waals surface area contributed by atoms with Gasteiger partial charge < -0.3 is 14.8 Å². The van der Waals surface area contributed by atoms with Gasteiger partial charge in [-0.1, -0.05) is 12.1 Å². The Morgan fingerprint density at radius 1 is 1.12 bits per heavy atom. The quantitative estimate of drug-likeness (QED) is 0.455. The van der Waals surface area contributed by atoms with Gasteiger partial charge in [-0.3, -0.25) is 24.1 Å². The first-order valence-corrected chi connectivity index (χ1v) is 10.5. The summed E-state index contributed by atoms with van der Waals surface area (Å²) in [6.07, 6.45) is -0.0767. The maximum absolute atomic E-state index is 13.4. The number of Topliss-reactive ketones (excluding diaryl/α,β-unsaturated/α-hetero) is 1. The van der Waals surface area contributed by atoms with E-state index in [0.717, 1.165) is 4.90 Å². The Bertz CT molecular complexity index is 1080. The number of carbonyl (C=O) groups is 4. The summed E-state index contributed by atoms with van der Waals surface area (Å²) in [4.78, 5) is 51.5. The van der Waals surface area contributed by atoms with Crippen molar-refractivity contribution in [3.8, 4) is 11.5 Å². The van der Waals surface area contributed by atoms with Gasteiger partial charge >= 0.3 is 0 Å². The summed E-state index contributed by atoms with van der Waals surface area (Å²) in [5.41, 5.74) is 0.961. The van der Waals surface area contributed by atoms with E-state index in [4.69, 9.17) is 21.1 Å². The minimum absolute atomic E-state index is 0.0723. The van der Waals surface area contributed by atoms with Crippen LogP contribution in [0.15, 0.2) is 36.4 Å². The number of halogens is 1. The first-order valence-electron chi connectivity index (χ1n) is 9.99. The largest absolute Gasteiger partial charge is 0.493 e. The first kappa shape index (κ1) is 23.3. The summed E-state index contributed by atoms with van der Waals surface area (Å²) < 4.78 is 10.9. The van der Waals surface area contributed by atoms with Crippen molar-refractivity contribution in [2.45, 2.75) is 26.3 Å². The van der Waals surface area contributed by atoms with Crippen LogP contribution >= 0.6 is 11.6 Å². The molecule has 1 unspecified atom stereocenters. The number of anilines is 1. The van der Waals surface area contributed by atoms with Crippen LogP contribution in [-0.4, -0.2) is 48.0 Å². The fraction of sp³-hybridized carbons (Fsp3) is 0.304. The predicted octanol–water partition coefficient (Wildman–Crippen LogP) is 3.59. The molecule has 1 aliphatic heterocycles. The second-order valence-electron chi connectivity index (χ2n) is 7.16. The van der Waals surface area contributed by atoms with Crippen LogP contribution in [0.25, 0.3) is 0 Å². The zero-order chi connectivity index (χ0) is 23.4. The number of nitrogens with zero attached hydrogens (tertiary/aromatic N) is 1. The monoisotopic (exact) mass is 458 g/mol. The minimum Gasteiger partial charge on any atom is -0.493 e. The molecule has 1 atom stereocenters. The molecule has 0 spiro atoms. The number of fused-ring (bicyclic) bond motifs is 1. The topological polar surface area (TPSA) is 102 Å². The van der Waals surface area contributed by atoms with E-state index in [-0.39, 0.29) is 34.9 Å². The van der Waals surface area contributed by atoms with Crippen molar-refractivity contribution in [1.82, 2.24) is 4.90 Å². The second kappa shape index (κ2) is 9.82. The average molecular weight is 459 g/mol. The highest BCUT2D eigenvalue weighted by molar-refractivity contribution is 6.30. The van der Waals surface area contributed by atoms with Gasteiger partial charge in [0, 0.05) is 6.42 Å². The molecular formula is C23H23ClN2O6. The Morgan fingerprint density at radius 2 is 1.88 bits per heavy atom. The van der Waals surface area contributed by atoms with Crippen LogP contribution in [0.1, 0.15) is 52.6 Å². The summed E-state index contributed by atoms with van der Waals surface area (Å²) in [5, 5.41) is 2.55. The van der Waals surface area contributed by atoms with E-state index in [9.17, 15) is 19.2 Å². The number of carbonyl (C=O) groups excluding carboxylic acids is 4. The molecule has 0 saturated heterocycles. The molecule has 0 aromatic heterocycles. The molecule has 1 heterocycles. The van der Waals surface area contributed by atoms with E-state index in [1.165, 1.54) is 26.2 Å².